The van der Waals surface area contributed by atoms with Gasteiger partial charge in [-0.05, 0) is 42.8 Å². The quantitative estimate of drug-likeness (QED) is 0.895. The fourth-order valence-electron chi connectivity index (χ4n) is 1.47. The second kappa shape index (κ2) is 6.20. The summed E-state index contributed by atoms with van der Waals surface area (Å²) >= 11 is 3.39. The number of nitrogens with one attached hydrogen (secondary N) is 1. The summed E-state index contributed by atoms with van der Waals surface area (Å²) in [7, 11) is 0. The van der Waals surface area contributed by atoms with E-state index in [4.69, 9.17) is 10.5 Å². The number of halogens is 1. The molecule has 1 aromatic rings. The molecule has 0 spiro atoms. The summed E-state index contributed by atoms with van der Waals surface area (Å²) in [6.07, 6.45) is 0. The summed E-state index contributed by atoms with van der Waals surface area (Å²) in [6, 6.07) is 5.62. The molecule has 0 fully saturated rings. The first-order valence-corrected chi connectivity index (χ1v) is 6.54. The van der Waals surface area contributed by atoms with E-state index in [0.717, 1.165) is 10.0 Å². The van der Waals surface area contributed by atoms with E-state index in [9.17, 15) is 4.79 Å². The molecule has 0 aliphatic heterocycles. The normalized spacial score (nSPS) is 11.2. The summed E-state index contributed by atoms with van der Waals surface area (Å²) in [4.78, 5) is 11.7. The van der Waals surface area contributed by atoms with Crippen LogP contribution in [0, 0.1) is 0 Å². The van der Waals surface area contributed by atoms with Gasteiger partial charge in [0.1, 0.15) is 5.75 Å². The van der Waals surface area contributed by atoms with Crippen molar-refractivity contribution in [3.8, 4) is 5.75 Å². The van der Waals surface area contributed by atoms with Gasteiger partial charge in [0.05, 0.1) is 4.47 Å². The van der Waals surface area contributed by atoms with Crippen molar-refractivity contribution in [2.75, 3.05) is 6.61 Å². The molecule has 18 heavy (non-hydrogen) atoms. The highest BCUT2D eigenvalue weighted by Gasteiger charge is 2.15. The van der Waals surface area contributed by atoms with Crippen molar-refractivity contribution in [1.29, 1.82) is 0 Å². The van der Waals surface area contributed by atoms with Gasteiger partial charge in [-0.2, -0.15) is 0 Å². The van der Waals surface area contributed by atoms with Crippen LogP contribution >= 0.6 is 15.9 Å². The van der Waals surface area contributed by atoms with E-state index in [1.807, 2.05) is 39.0 Å². The Bertz CT molecular complexity index is 427. The zero-order valence-electron chi connectivity index (χ0n) is 10.9. The van der Waals surface area contributed by atoms with Crippen LogP contribution in [0.1, 0.15) is 26.3 Å². The Labute approximate surface area is 116 Å². The van der Waals surface area contributed by atoms with Gasteiger partial charge in [-0.15, -0.1) is 0 Å². The molecule has 0 bridgehead atoms. The number of nitrogens with two attached hydrogens (primary N) is 1. The number of carbonyl (C=O) groups is 1. The first kappa shape index (κ1) is 15.0. The average molecular weight is 315 g/mol. The summed E-state index contributed by atoms with van der Waals surface area (Å²) in [5.41, 5.74) is 6.24. The molecule has 5 heteroatoms. The molecule has 0 saturated heterocycles. The Morgan fingerprint density at radius 2 is 2.11 bits per heavy atom. The summed E-state index contributed by atoms with van der Waals surface area (Å²) < 4.78 is 6.33. The van der Waals surface area contributed by atoms with E-state index in [2.05, 4.69) is 21.2 Å². The lowest BCUT2D eigenvalue weighted by molar-refractivity contribution is -0.124. The Kier molecular flexibility index (Phi) is 5.16. The number of carbonyl (C=O) groups excluding carboxylic acids is 1. The van der Waals surface area contributed by atoms with Crippen molar-refractivity contribution in [2.24, 2.45) is 5.73 Å². The van der Waals surface area contributed by atoms with Crippen LogP contribution in [0.2, 0.25) is 0 Å². The van der Waals surface area contributed by atoms with Crippen LogP contribution in [0.4, 0.5) is 0 Å². The van der Waals surface area contributed by atoms with Gasteiger partial charge in [0.25, 0.3) is 5.91 Å². The van der Waals surface area contributed by atoms with E-state index < -0.39 is 0 Å². The summed E-state index contributed by atoms with van der Waals surface area (Å²) in [5.74, 6) is 0.477. The predicted octanol–water partition coefficient (Wildman–Crippen LogP) is 2.20. The minimum atomic E-state index is -0.259. The lowest BCUT2D eigenvalue weighted by Gasteiger charge is -2.21. The van der Waals surface area contributed by atoms with Gasteiger partial charge in [0.2, 0.25) is 0 Å². The Morgan fingerprint density at radius 3 is 2.67 bits per heavy atom. The van der Waals surface area contributed by atoms with Crippen LogP contribution in [0.3, 0.4) is 0 Å². The van der Waals surface area contributed by atoms with Gasteiger partial charge < -0.3 is 15.8 Å². The first-order chi connectivity index (χ1) is 8.33. The monoisotopic (exact) mass is 314 g/mol. The number of hydrogen-bond donors (Lipinski definition) is 2. The standard InChI is InChI=1S/C13H19BrN2O2/c1-13(2,3)16-11(17)8-18-12-9(7-15)5-4-6-10(12)14/h4-6H,7-8,15H2,1-3H3,(H,16,17). The largest absolute Gasteiger partial charge is 0.482 e. The highest BCUT2D eigenvalue weighted by atomic mass is 79.9. The highest BCUT2D eigenvalue weighted by Crippen LogP contribution is 2.28. The van der Waals surface area contributed by atoms with E-state index >= 15 is 0 Å². The molecular formula is C13H19BrN2O2. The molecule has 0 aliphatic rings. The molecule has 0 heterocycles. The molecule has 0 radical (unpaired) electrons. The zero-order chi connectivity index (χ0) is 13.8. The van der Waals surface area contributed by atoms with Gasteiger partial charge in [0.15, 0.2) is 6.61 Å². The minimum Gasteiger partial charge on any atom is -0.482 e. The molecule has 3 N–H and O–H groups in total. The molecule has 1 rings (SSSR count). The van der Waals surface area contributed by atoms with Crippen molar-refractivity contribution >= 4 is 21.8 Å². The number of para-hydroxylation sites is 1. The topological polar surface area (TPSA) is 64.3 Å². The molecule has 100 valence electrons. The third-order valence-corrected chi connectivity index (χ3v) is 2.75. The van der Waals surface area contributed by atoms with Crippen LogP contribution in [0.25, 0.3) is 0 Å². The predicted molar refractivity (Wildman–Crippen MR) is 75.4 cm³/mol. The van der Waals surface area contributed by atoms with Crippen molar-refractivity contribution < 1.29 is 9.53 Å². The lowest BCUT2D eigenvalue weighted by Crippen LogP contribution is -2.43. The molecule has 0 aliphatic carbocycles. The Balaban J connectivity index is 2.66. The van der Waals surface area contributed by atoms with Gasteiger partial charge in [0, 0.05) is 17.6 Å². The van der Waals surface area contributed by atoms with Crippen LogP contribution in [0.15, 0.2) is 22.7 Å². The smallest absolute Gasteiger partial charge is 0.258 e. The third kappa shape index (κ3) is 4.66. The molecule has 0 unspecified atom stereocenters. The number of ether oxygens (including phenoxy) is 1. The van der Waals surface area contributed by atoms with Crippen LogP contribution in [-0.4, -0.2) is 18.1 Å². The fourth-order valence-corrected chi connectivity index (χ4v) is 1.99. The molecule has 0 atom stereocenters. The maximum Gasteiger partial charge on any atom is 0.258 e. The van der Waals surface area contributed by atoms with Crippen molar-refractivity contribution in [1.82, 2.24) is 5.32 Å². The Morgan fingerprint density at radius 1 is 1.44 bits per heavy atom. The molecule has 1 aromatic carbocycles. The summed E-state index contributed by atoms with van der Waals surface area (Å²) in [5, 5.41) is 2.84. The highest BCUT2D eigenvalue weighted by molar-refractivity contribution is 9.10. The van der Waals surface area contributed by atoms with Crippen LogP contribution in [-0.2, 0) is 11.3 Å². The van der Waals surface area contributed by atoms with E-state index in [1.165, 1.54) is 0 Å². The van der Waals surface area contributed by atoms with Gasteiger partial charge in [-0.25, -0.2) is 0 Å². The summed E-state index contributed by atoms with van der Waals surface area (Å²) in [6.45, 7) is 6.13. The molecular weight excluding hydrogens is 296 g/mol. The SMILES string of the molecule is CC(C)(C)NC(=O)COc1c(Br)cccc1CN. The van der Waals surface area contributed by atoms with E-state index in [0.29, 0.717) is 12.3 Å². The maximum absolute atomic E-state index is 11.7. The second-order valence-electron chi connectivity index (χ2n) is 5.02. The first-order valence-electron chi connectivity index (χ1n) is 5.75. The number of benzene rings is 1. The van der Waals surface area contributed by atoms with E-state index in [-0.39, 0.29) is 18.1 Å². The maximum atomic E-state index is 11.7. The number of hydrogen-bond acceptors (Lipinski definition) is 3. The molecule has 0 aromatic heterocycles. The van der Waals surface area contributed by atoms with Gasteiger partial charge in [-0.3, -0.25) is 4.79 Å². The third-order valence-electron chi connectivity index (χ3n) is 2.13. The van der Waals surface area contributed by atoms with E-state index in [1.54, 1.807) is 0 Å². The van der Waals surface area contributed by atoms with Crippen LogP contribution in [0.5, 0.6) is 5.75 Å². The van der Waals surface area contributed by atoms with Crippen LogP contribution < -0.4 is 15.8 Å². The molecule has 0 saturated carbocycles. The van der Waals surface area contributed by atoms with Gasteiger partial charge >= 0.3 is 0 Å². The second-order valence-corrected chi connectivity index (χ2v) is 5.87. The molecule has 4 nitrogen and oxygen atoms in total. The lowest BCUT2D eigenvalue weighted by atomic mass is 10.1. The molecule has 1 amide bonds. The average Bonchev–Trinajstić information content (AvgIpc) is 2.24. The fraction of sp³-hybridized carbons (Fsp3) is 0.462. The van der Waals surface area contributed by atoms with Crippen molar-refractivity contribution in [3.63, 3.8) is 0 Å². The Hall–Kier alpha value is -1.07. The zero-order valence-corrected chi connectivity index (χ0v) is 12.5. The van der Waals surface area contributed by atoms with Crippen molar-refractivity contribution in [2.45, 2.75) is 32.9 Å². The number of amides is 1. The van der Waals surface area contributed by atoms with Gasteiger partial charge in [-0.1, -0.05) is 12.1 Å². The minimum absolute atomic E-state index is 0.0209. The van der Waals surface area contributed by atoms with Crippen molar-refractivity contribution in [3.05, 3.63) is 28.2 Å². The number of rotatable bonds is 4.